The van der Waals surface area contributed by atoms with E-state index in [1.807, 2.05) is 12.1 Å². The molecule has 4 heteroatoms. The first-order valence-electron chi connectivity index (χ1n) is 5.36. The van der Waals surface area contributed by atoms with Crippen LogP contribution in [0.15, 0.2) is 18.2 Å². The SMILES string of the molecule is CCN(CCOC)c1cc(Cl)ccc1CO. The molecule has 0 saturated heterocycles. The van der Waals surface area contributed by atoms with Crippen LogP contribution in [0, 0.1) is 0 Å². The highest BCUT2D eigenvalue weighted by molar-refractivity contribution is 6.30. The molecule has 0 aromatic heterocycles. The predicted molar refractivity (Wildman–Crippen MR) is 67.1 cm³/mol. The first-order valence-corrected chi connectivity index (χ1v) is 5.73. The van der Waals surface area contributed by atoms with Crippen LogP contribution in [0.1, 0.15) is 12.5 Å². The minimum Gasteiger partial charge on any atom is -0.392 e. The van der Waals surface area contributed by atoms with Gasteiger partial charge in [0.1, 0.15) is 0 Å². The number of nitrogens with zero attached hydrogens (tertiary/aromatic N) is 1. The Kier molecular flexibility index (Phi) is 5.60. The molecule has 1 N–H and O–H groups in total. The lowest BCUT2D eigenvalue weighted by Gasteiger charge is -2.25. The maximum absolute atomic E-state index is 9.28. The van der Waals surface area contributed by atoms with Gasteiger partial charge in [-0.05, 0) is 19.1 Å². The van der Waals surface area contributed by atoms with Gasteiger partial charge < -0.3 is 14.7 Å². The van der Waals surface area contributed by atoms with Gasteiger partial charge in [-0.25, -0.2) is 0 Å². The highest BCUT2D eigenvalue weighted by Crippen LogP contribution is 2.24. The summed E-state index contributed by atoms with van der Waals surface area (Å²) in [5.74, 6) is 0. The maximum Gasteiger partial charge on any atom is 0.0702 e. The largest absolute Gasteiger partial charge is 0.392 e. The average molecular weight is 244 g/mol. The molecule has 0 bridgehead atoms. The predicted octanol–water partition coefficient (Wildman–Crippen LogP) is 2.31. The summed E-state index contributed by atoms with van der Waals surface area (Å²) < 4.78 is 5.06. The maximum atomic E-state index is 9.28. The van der Waals surface area contributed by atoms with Gasteiger partial charge in [0, 0.05) is 36.5 Å². The lowest BCUT2D eigenvalue weighted by atomic mass is 10.1. The highest BCUT2D eigenvalue weighted by Gasteiger charge is 2.09. The van der Waals surface area contributed by atoms with Crippen molar-refractivity contribution in [3.05, 3.63) is 28.8 Å². The Morgan fingerprint density at radius 2 is 2.19 bits per heavy atom. The molecule has 0 heterocycles. The van der Waals surface area contributed by atoms with Crippen LogP contribution in [0.25, 0.3) is 0 Å². The molecule has 0 spiro atoms. The van der Waals surface area contributed by atoms with Gasteiger partial charge in [0.05, 0.1) is 13.2 Å². The van der Waals surface area contributed by atoms with Crippen LogP contribution >= 0.6 is 11.6 Å². The summed E-state index contributed by atoms with van der Waals surface area (Å²) in [6, 6.07) is 5.53. The molecule has 16 heavy (non-hydrogen) atoms. The molecular formula is C12H18ClNO2. The summed E-state index contributed by atoms with van der Waals surface area (Å²) in [4.78, 5) is 2.14. The van der Waals surface area contributed by atoms with Crippen LogP contribution < -0.4 is 4.90 Å². The summed E-state index contributed by atoms with van der Waals surface area (Å²) in [5, 5.41) is 9.96. The number of rotatable bonds is 6. The quantitative estimate of drug-likeness (QED) is 0.832. The van der Waals surface area contributed by atoms with Gasteiger partial charge in [0.25, 0.3) is 0 Å². The summed E-state index contributed by atoms with van der Waals surface area (Å²) in [5.41, 5.74) is 1.87. The normalized spacial score (nSPS) is 10.5. The molecule has 0 atom stereocenters. The van der Waals surface area contributed by atoms with Gasteiger partial charge in [0.2, 0.25) is 0 Å². The Hall–Kier alpha value is -0.770. The lowest BCUT2D eigenvalue weighted by molar-refractivity contribution is 0.205. The number of halogens is 1. The van der Waals surface area contributed by atoms with Gasteiger partial charge in [-0.1, -0.05) is 17.7 Å². The zero-order valence-corrected chi connectivity index (χ0v) is 10.5. The molecule has 0 saturated carbocycles. The third-order valence-corrected chi connectivity index (χ3v) is 2.74. The van der Waals surface area contributed by atoms with Crippen molar-refractivity contribution in [2.24, 2.45) is 0 Å². The van der Waals surface area contributed by atoms with Crippen LogP contribution in [-0.2, 0) is 11.3 Å². The topological polar surface area (TPSA) is 32.7 Å². The van der Waals surface area contributed by atoms with Crippen LogP contribution in [-0.4, -0.2) is 31.9 Å². The third kappa shape index (κ3) is 3.37. The smallest absolute Gasteiger partial charge is 0.0702 e. The van der Waals surface area contributed by atoms with Crippen LogP contribution in [0.4, 0.5) is 5.69 Å². The number of hydrogen-bond acceptors (Lipinski definition) is 3. The van der Waals surface area contributed by atoms with Crippen molar-refractivity contribution in [1.29, 1.82) is 0 Å². The van der Waals surface area contributed by atoms with Crippen molar-refractivity contribution in [3.63, 3.8) is 0 Å². The number of anilines is 1. The van der Waals surface area contributed by atoms with E-state index in [1.54, 1.807) is 13.2 Å². The second kappa shape index (κ2) is 6.74. The van der Waals surface area contributed by atoms with Crippen molar-refractivity contribution in [2.45, 2.75) is 13.5 Å². The molecule has 0 aliphatic heterocycles. The fourth-order valence-corrected chi connectivity index (χ4v) is 1.78. The average Bonchev–Trinajstić information content (AvgIpc) is 2.30. The van der Waals surface area contributed by atoms with E-state index in [9.17, 15) is 5.11 Å². The van der Waals surface area contributed by atoms with Crippen molar-refractivity contribution < 1.29 is 9.84 Å². The van der Waals surface area contributed by atoms with E-state index in [1.165, 1.54) is 0 Å². The molecule has 0 amide bonds. The van der Waals surface area contributed by atoms with E-state index in [4.69, 9.17) is 16.3 Å². The zero-order valence-electron chi connectivity index (χ0n) is 9.74. The van der Waals surface area contributed by atoms with Crippen LogP contribution in [0.3, 0.4) is 0 Å². The van der Waals surface area contributed by atoms with Gasteiger partial charge in [-0.2, -0.15) is 0 Å². The Labute approximate surface area is 102 Å². The molecule has 0 fully saturated rings. The van der Waals surface area contributed by atoms with Gasteiger partial charge in [0.15, 0.2) is 0 Å². The molecule has 1 aromatic rings. The molecule has 0 aliphatic rings. The minimum atomic E-state index is 0.0238. The second-order valence-corrected chi connectivity index (χ2v) is 3.94. The van der Waals surface area contributed by atoms with Crippen molar-refractivity contribution in [2.75, 3.05) is 31.7 Å². The number of benzene rings is 1. The summed E-state index contributed by atoms with van der Waals surface area (Å²) in [6.45, 7) is 4.40. The van der Waals surface area contributed by atoms with Crippen molar-refractivity contribution >= 4 is 17.3 Å². The Balaban J connectivity index is 2.92. The minimum absolute atomic E-state index is 0.0238. The number of aliphatic hydroxyl groups is 1. The Morgan fingerprint density at radius 3 is 2.75 bits per heavy atom. The molecule has 1 aromatic carbocycles. The van der Waals surface area contributed by atoms with Crippen molar-refractivity contribution in [1.82, 2.24) is 0 Å². The van der Waals surface area contributed by atoms with E-state index in [0.29, 0.717) is 11.6 Å². The first-order chi connectivity index (χ1) is 7.72. The summed E-state index contributed by atoms with van der Waals surface area (Å²) >= 11 is 5.97. The Bertz CT molecular complexity index is 331. The number of likely N-dealkylation sites (N-methyl/N-ethyl adjacent to an activating group) is 1. The molecule has 1 rings (SSSR count). The Morgan fingerprint density at radius 1 is 1.44 bits per heavy atom. The van der Waals surface area contributed by atoms with E-state index >= 15 is 0 Å². The zero-order chi connectivity index (χ0) is 12.0. The van der Waals surface area contributed by atoms with Crippen LogP contribution in [0.5, 0.6) is 0 Å². The number of ether oxygens (including phenoxy) is 1. The standard InChI is InChI=1S/C12H18ClNO2/c1-3-14(6-7-16-2)12-8-11(13)5-4-10(12)9-15/h4-5,8,15H,3,6-7,9H2,1-2H3. The third-order valence-electron chi connectivity index (χ3n) is 2.51. The molecule has 0 unspecified atom stereocenters. The first kappa shape index (κ1) is 13.3. The molecule has 3 nitrogen and oxygen atoms in total. The monoisotopic (exact) mass is 243 g/mol. The highest BCUT2D eigenvalue weighted by atomic mass is 35.5. The van der Waals surface area contributed by atoms with Gasteiger partial charge >= 0.3 is 0 Å². The van der Waals surface area contributed by atoms with Gasteiger partial charge in [-0.15, -0.1) is 0 Å². The molecule has 0 radical (unpaired) electrons. The van der Waals surface area contributed by atoms with Gasteiger partial charge in [-0.3, -0.25) is 0 Å². The van der Waals surface area contributed by atoms with E-state index in [2.05, 4.69) is 11.8 Å². The fraction of sp³-hybridized carbons (Fsp3) is 0.500. The molecule has 0 aliphatic carbocycles. The number of methoxy groups -OCH3 is 1. The lowest BCUT2D eigenvalue weighted by Crippen LogP contribution is -2.27. The van der Waals surface area contributed by atoms with E-state index < -0.39 is 0 Å². The van der Waals surface area contributed by atoms with E-state index in [0.717, 1.165) is 24.3 Å². The fourth-order valence-electron chi connectivity index (χ4n) is 1.62. The second-order valence-electron chi connectivity index (χ2n) is 3.50. The van der Waals surface area contributed by atoms with Crippen molar-refractivity contribution in [3.8, 4) is 0 Å². The molecular weight excluding hydrogens is 226 g/mol. The number of hydrogen-bond donors (Lipinski definition) is 1. The summed E-state index contributed by atoms with van der Waals surface area (Å²) in [7, 11) is 1.68. The summed E-state index contributed by atoms with van der Waals surface area (Å²) in [6.07, 6.45) is 0. The van der Waals surface area contributed by atoms with Crippen LogP contribution in [0.2, 0.25) is 5.02 Å². The molecule has 90 valence electrons. The van der Waals surface area contributed by atoms with E-state index in [-0.39, 0.29) is 6.61 Å². The number of aliphatic hydroxyl groups excluding tert-OH is 1.